The molecule has 3 N–H and O–H groups in total. The first-order valence-electron chi connectivity index (χ1n) is 6.44. The maximum atomic E-state index is 13.8. The summed E-state index contributed by atoms with van der Waals surface area (Å²) in [7, 11) is 0. The fourth-order valence-electron chi connectivity index (χ4n) is 1.79. The van der Waals surface area contributed by atoms with E-state index in [1.807, 2.05) is 0 Å². The van der Waals surface area contributed by atoms with E-state index in [1.165, 1.54) is 6.07 Å². The summed E-state index contributed by atoms with van der Waals surface area (Å²) in [5.41, 5.74) is 0.0435. The van der Waals surface area contributed by atoms with E-state index in [9.17, 15) is 18.3 Å². The first-order chi connectivity index (χ1) is 10.4. The Hall–Kier alpha value is -1.84. The first-order valence-corrected chi connectivity index (χ1v) is 6.44. The maximum absolute atomic E-state index is 13.8. The average Bonchev–Trinajstić information content (AvgIpc) is 2.47. The molecule has 126 valence electrons. The molecular weight excluding hydrogens is 331 g/mol. The number of aliphatic hydroxyl groups excluding tert-OH is 2. The molecule has 1 aromatic carbocycles. The molecule has 1 aromatic heterocycles. The van der Waals surface area contributed by atoms with Crippen LogP contribution < -0.4 is 5.32 Å². The van der Waals surface area contributed by atoms with Gasteiger partial charge in [0.15, 0.2) is 17.5 Å². The van der Waals surface area contributed by atoms with Gasteiger partial charge in [-0.1, -0.05) is 0 Å². The number of hydrogen-bond donors (Lipinski definition) is 3. The molecule has 0 bridgehead atoms. The van der Waals surface area contributed by atoms with Crippen molar-refractivity contribution >= 4 is 19.3 Å². The molecule has 0 aliphatic carbocycles. The predicted octanol–water partition coefficient (Wildman–Crippen LogP) is 1.75. The van der Waals surface area contributed by atoms with Gasteiger partial charge in [0.05, 0.1) is 18.3 Å². The second-order valence-corrected chi connectivity index (χ2v) is 4.68. The summed E-state index contributed by atoms with van der Waals surface area (Å²) in [6, 6.07) is 2.76. The second kappa shape index (κ2) is 8.14. The number of nitrogens with zero attached hydrogens (tertiary/aromatic N) is 2. The molecule has 0 fully saturated rings. The van der Waals surface area contributed by atoms with Crippen LogP contribution in [0.2, 0.25) is 0 Å². The van der Waals surface area contributed by atoms with Gasteiger partial charge in [-0.2, -0.15) is 13.5 Å². The smallest absolute Gasteiger partial charge is 0.170 e. The van der Waals surface area contributed by atoms with Crippen molar-refractivity contribution in [2.75, 3.05) is 18.5 Å². The lowest BCUT2D eigenvalue weighted by Gasteiger charge is -2.11. The molecule has 5 nitrogen and oxygen atoms in total. The van der Waals surface area contributed by atoms with Crippen LogP contribution in [-0.2, 0) is 0 Å². The van der Waals surface area contributed by atoms with Crippen molar-refractivity contribution < 1.29 is 23.4 Å². The maximum Gasteiger partial charge on any atom is 0.170 e. The standard InChI is InChI=1S/C14H14F3N3O2.H2S/c1-7-2-12(18-5-9(22)6-21)20-14(19-7)10-3-8(15)4-11(16)13(10)17;/h2-4,9,21-22H,5-6H2,1H3,(H,18,19,20);1H2/t9-;/m0./s1. The van der Waals surface area contributed by atoms with Gasteiger partial charge in [-0.3, -0.25) is 0 Å². The van der Waals surface area contributed by atoms with Crippen molar-refractivity contribution in [1.82, 2.24) is 9.97 Å². The molecule has 1 heterocycles. The molecule has 1 atom stereocenters. The van der Waals surface area contributed by atoms with Gasteiger partial charge in [-0.25, -0.2) is 23.1 Å². The molecule has 9 heteroatoms. The fraction of sp³-hybridized carbons (Fsp3) is 0.286. The van der Waals surface area contributed by atoms with E-state index in [2.05, 4.69) is 15.3 Å². The highest BCUT2D eigenvalue weighted by molar-refractivity contribution is 7.59. The van der Waals surface area contributed by atoms with Gasteiger partial charge >= 0.3 is 0 Å². The lowest BCUT2D eigenvalue weighted by molar-refractivity contribution is 0.105. The summed E-state index contributed by atoms with van der Waals surface area (Å²) in [6.07, 6.45) is -0.998. The van der Waals surface area contributed by atoms with Crippen LogP contribution in [0.4, 0.5) is 19.0 Å². The van der Waals surface area contributed by atoms with Gasteiger partial charge in [-0.15, -0.1) is 0 Å². The van der Waals surface area contributed by atoms with Crippen LogP contribution in [0, 0.1) is 24.4 Å². The molecule has 0 amide bonds. The number of aromatic nitrogens is 2. The highest BCUT2D eigenvalue weighted by Gasteiger charge is 2.16. The molecule has 0 saturated heterocycles. The summed E-state index contributed by atoms with van der Waals surface area (Å²) in [5, 5.41) is 20.7. The van der Waals surface area contributed by atoms with Crippen molar-refractivity contribution in [1.29, 1.82) is 0 Å². The zero-order chi connectivity index (χ0) is 16.3. The minimum absolute atomic E-state index is 0. The Morgan fingerprint density at radius 3 is 2.52 bits per heavy atom. The minimum atomic E-state index is -1.33. The van der Waals surface area contributed by atoms with E-state index in [4.69, 9.17) is 5.11 Å². The number of aliphatic hydroxyl groups is 2. The fourth-order valence-corrected chi connectivity index (χ4v) is 1.79. The minimum Gasteiger partial charge on any atom is -0.394 e. The largest absolute Gasteiger partial charge is 0.394 e. The molecule has 23 heavy (non-hydrogen) atoms. The van der Waals surface area contributed by atoms with Crippen LogP contribution in [0.1, 0.15) is 5.69 Å². The summed E-state index contributed by atoms with van der Waals surface area (Å²) in [6.45, 7) is 1.17. The summed E-state index contributed by atoms with van der Waals surface area (Å²) in [5.74, 6) is -3.46. The zero-order valence-corrected chi connectivity index (χ0v) is 13.1. The lowest BCUT2D eigenvalue weighted by atomic mass is 10.1. The van der Waals surface area contributed by atoms with Gasteiger partial charge in [0, 0.05) is 24.4 Å². The summed E-state index contributed by atoms with van der Waals surface area (Å²) >= 11 is 0. The van der Waals surface area contributed by atoms with Crippen LogP contribution in [0.25, 0.3) is 11.4 Å². The molecule has 2 aromatic rings. The van der Waals surface area contributed by atoms with Gasteiger partial charge in [0.1, 0.15) is 11.6 Å². The third-order valence-electron chi connectivity index (χ3n) is 2.82. The molecular formula is C14H16F3N3O2S. The topological polar surface area (TPSA) is 78.3 Å². The number of hydrogen-bond acceptors (Lipinski definition) is 5. The van der Waals surface area contributed by atoms with E-state index < -0.39 is 35.7 Å². The zero-order valence-electron chi connectivity index (χ0n) is 12.1. The van der Waals surface area contributed by atoms with Gasteiger partial charge in [-0.05, 0) is 13.0 Å². The third kappa shape index (κ3) is 4.81. The van der Waals surface area contributed by atoms with Crippen molar-refractivity contribution in [2.24, 2.45) is 0 Å². The Labute approximate surface area is 137 Å². The van der Waals surface area contributed by atoms with Crippen LogP contribution in [0.15, 0.2) is 18.2 Å². The molecule has 2 rings (SSSR count). The molecule has 0 aliphatic heterocycles. The Morgan fingerprint density at radius 1 is 1.17 bits per heavy atom. The SMILES string of the molecule is Cc1cc(NC[C@H](O)CO)nc(-c2cc(F)cc(F)c2F)n1.S. The Balaban J connectivity index is 0.00000264. The van der Waals surface area contributed by atoms with Crippen LogP contribution in [0.3, 0.4) is 0 Å². The number of rotatable bonds is 5. The van der Waals surface area contributed by atoms with Crippen molar-refractivity contribution in [3.8, 4) is 11.4 Å². The Morgan fingerprint density at radius 2 is 1.87 bits per heavy atom. The molecule has 0 unspecified atom stereocenters. The van der Waals surface area contributed by atoms with E-state index in [1.54, 1.807) is 6.92 Å². The van der Waals surface area contributed by atoms with E-state index >= 15 is 0 Å². The molecule has 0 saturated carbocycles. The lowest BCUT2D eigenvalue weighted by Crippen LogP contribution is -2.23. The van der Waals surface area contributed by atoms with Crippen LogP contribution in [0.5, 0.6) is 0 Å². The van der Waals surface area contributed by atoms with E-state index in [-0.39, 0.29) is 31.7 Å². The van der Waals surface area contributed by atoms with E-state index in [0.717, 1.165) is 6.07 Å². The summed E-state index contributed by atoms with van der Waals surface area (Å²) < 4.78 is 40.3. The van der Waals surface area contributed by atoms with Crippen LogP contribution >= 0.6 is 13.5 Å². The highest BCUT2D eigenvalue weighted by Crippen LogP contribution is 2.24. The quantitative estimate of drug-likeness (QED) is 0.718. The number of nitrogens with one attached hydrogen (secondary N) is 1. The molecule has 0 radical (unpaired) electrons. The van der Waals surface area contributed by atoms with Gasteiger partial charge in [0.25, 0.3) is 0 Å². The normalized spacial score (nSPS) is 11.7. The van der Waals surface area contributed by atoms with Gasteiger partial charge < -0.3 is 15.5 Å². The average molecular weight is 347 g/mol. The van der Waals surface area contributed by atoms with Crippen molar-refractivity contribution in [3.63, 3.8) is 0 Å². The molecule has 0 spiro atoms. The first kappa shape index (κ1) is 19.2. The van der Waals surface area contributed by atoms with Gasteiger partial charge in [0.2, 0.25) is 0 Å². The van der Waals surface area contributed by atoms with Crippen molar-refractivity contribution in [2.45, 2.75) is 13.0 Å². The third-order valence-corrected chi connectivity index (χ3v) is 2.82. The Kier molecular flexibility index (Phi) is 6.79. The van der Waals surface area contributed by atoms with E-state index in [0.29, 0.717) is 11.8 Å². The predicted molar refractivity (Wildman–Crippen MR) is 84.0 cm³/mol. The number of benzene rings is 1. The summed E-state index contributed by atoms with van der Waals surface area (Å²) in [4.78, 5) is 7.92. The number of halogens is 3. The second-order valence-electron chi connectivity index (χ2n) is 4.68. The molecule has 0 aliphatic rings. The Bertz CT molecular complexity index is 689. The highest BCUT2D eigenvalue weighted by atomic mass is 32.1. The monoisotopic (exact) mass is 347 g/mol. The van der Waals surface area contributed by atoms with Crippen LogP contribution in [-0.4, -0.2) is 39.4 Å². The number of aryl methyl sites for hydroxylation is 1. The van der Waals surface area contributed by atoms with Crippen molar-refractivity contribution in [3.05, 3.63) is 41.3 Å². The number of anilines is 1.